The molecule has 0 saturated carbocycles. The van der Waals surface area contributed by atoms with Gasteiger partial charge in [-0.25, -0.2) is 0 Å². The summed E-state index contributed by atoms with van der Waals surface area (Å²) < 4.78 is 0. The van der Waals surface area contributed by atoms with Gasteiger partial charge < -0.3 is 10.4 Å². The SMILES string of the molecule is O=C(NC(O)(C(=O)c1ccccc1)c1ccccc1)c1cccc(Cl)c1Cl. The van der Waals surface area contributed by atoms with E-state index >= 15 is 0 Å². The van der Waals surface area contributed by atoms with E-state index < -0.39 is 17.4 Å². The van der Waals surface area contributed by atoms with Crippen LogP contribution in [0.3, 0.4) is 0 Å². The molecule has 6 heteroatoms. The van der Waals surface area contributed by atoms with Crippen molar-refractivity contribution < 1.29 is 14.7 Å². The van der Waals surface area contributed by atoms with Crippen LogP contribution in [0.5, 0.6) is 0 Å². The van der Waals surface area contributed by atoms with E-state index in [9.17, 15) is 14.7 Å². The highest BCUT2D eigenvalue weighted by Gasteiger charge is 2.40. The summed E-state index contributed by atoms with van der Waals surface area (Å²) in [4.78, 5) is 25.8. The van der Waals surface area contributed by atoms with Crippen LogP contribution in [0.4, 0.5) is 0 Å². The molecule has 0 aliphatic carbocycles. The maximum Gasteiger partial charge on any atom is 0.255 e. The molecule has 0 saturated heterocycles. The molecule has 4 nitrogen and oxygen atoms in total. The second kappa shape index (κ2) is 7.92. The topological polar surface area (TPSA) is 66.4 Å². The van der Waals surface area contributed by atoms with Crippen LogP contribution in [0, 0.1) is 0 Å². The summed E-state index contributed by atoms with van der Waals surface area (Å²) in [5.41, 5.74) is -1.74. The van der Waals surface area contributed by atoms with Crippen molar-refractivity contribution in [2.75, 3.05) is 0 Å². The summed E-state index contributed by atoms with van der Waals surface area (Å²) in [5.74, 6) is -1.39. The number of amides is 1. The van der Waals surface area contributed by atoms with E-state index in [1.807, 2.05) is 0 Å². The van der Waals surface area contributed by atoms with E-state index in [4.69, 9.17) is 23.2 Å². The maximum absolute atomic E-state index is 13.1. The summed E-state index contributed by atoms with van der Waals surface area (Å²) in [7, 11) is 0. The lowest BCUT2D eigenvalue weighted by Gasteiger charge is -2.28. The van der Waals surface area contributed by atoms with Gasteiger partial charge in [-0.1, -0.05) is 89.9 Å². The largest absolute Gasteiger partial charge is 0.361 e. The highest BCUT2D eigenvalue weighted by molar-refractivity contribution is 6.43. The van der Waals surface area contributed by atoms with E-state index in [1.165, 1.54) is 6.07 Å². The number of carbonyl (C=O) groups excluding carboxylic acids is 2. The van der Waals surface area contributed by atoms with E-state index in [2.05, 4.69) is 5.32 Å². The lowest BCUT2D eigenvalue weighted by molar-refractivity contribution is 0.0103. The van der Waals surface area contributed by atoms with E-state index in [0.717, 1.165) is 0 Å². The van der Waals surface area contributed by atoms with Crippen molar-refractivity contribution >= 4 is 34.9 Å². The average Bonchev–Trinajstić information content (AvgIpc) is 2.70. The summed E-state index contributed by atoms with van der Waals surface area (Å²) in [6.07, 6.45) is 0. The standard InChI is InChI=1S/C21H15Cl2NO3/c22-17-13-7-12-16(18(17)23)20(26)24-21(27,15-10-5-2-6-11-15)19(25)14-8-3-1-4-9-14/h1-13,27H,(H,24,26). The van der Waals surface area contributed by atoms with Crippen LogP contribution >= 0.6 is 23.2 Å². The highest BCUT2D eigenvalue weighted by Crippen LogP contribution is 2.28. The first kappa shape index (κ1) is 19.1. The van der Waals surface area contributed by atoms with E-state index in [-0.39, 0.29) is 26.7 Å². The van der Waals surface area contributed by atoms with Gasteiger partial charge in [-0.2, -0.15) is 0 Å². The van der Waals surface area contributed by atoms with Crippen molar-refractivity contribution in [3.8, 4) is 0 Å². The van der Waals surface area contributed by atoms with Crippen molar-refractivity contribution in [3.63, 3.8) is 0 Å². The molecular formula is C21H15Cl2NO3. The zero-order chi connectivity index (χ0) is 19.4. The van der Waals surface area contributed by atoms with Gasteiger partial charge in [0.2, 0.25) is 11.5 Å². The highest BCUT2D eigenvalue weighted by atomic mass is 35.5. The Morgan fingerprint density at radius 3 is 2.04 bits per heavy atom. The van der Waals surface area contributed by atoms with Crippen LogP contribution in [0.2, 0.25) is 10.0 Å². The third-order valence-electron chi connectivity index (χ3n) is 4.05. The first-order valence-corrected chi connectivity index (χ1v) is 8.83. The fourth-order valence-corrected chi connectivity index (χ4v) is 3.03. The molecule has 0 aliphatic heterocycles. The van der Waals surface area contributed by atoms with E-state index in [0.29, 0.717) is 0 Å². The first-order valence-electron chi connectivity index (χ1n) is 8.08. The number of halogens is 2. The predicted octanol–water partition coefficient (Wildman–Crippen LogP) is 4.45. The zero-order valence-corrected chi connectivity index (χ0v) is 15.5. The van der Waals surface area contributed by atoms with Gasteiger partial charge in [-0.15, -0.1) is 0 Å². The number of hydrogen-bond donors (Lipinski definition) is 2. The number of hydrogen-bond acceptors (Lipinski definition) is 3. The molecule has 1 amide bonds. The molecule has 0 aliphatic rings. The number of benzene rings is 3. The van der Waals surface area contributed by atoms with E-state index in [1.54, 1.807) is 72.8 Å². The molecule has 3 aromatic rings. The summed E-state index contributed by atoms with van der Waals surface area (Å²) >= 11 is 12.1. The Kier molecular flexibility index (Phi) is 5.61. The molecule has 1 unspecified atom stereocenters. The Bertz CT molecular complexity index is 977. The zero-order valence-electron chi connectivity index (χ0n) is 14.0. The van der Waals surface area contributed by atoms with Crippen molar-refractivity contribution in [2.45, 2.75) is 5.72 Å². The molecule has 1 atom stereocenters. The van der Waals surface area contributed by atoms with Gasteiger partial charge in [0.15, 0.2) is 0 Å². The van der Waals surface area contributed by atoms with Gasteiger partial charge in [0.25, 0.3) is 5.91 Å². The third kappa shape index (κ3) is 3.88. The molecule has 3 rings (SSSR count). The molecular weight excluding hydrogens is 385 g/mol. The molecule has 2 N–H and O–H groups in total. The van der Waals surface area contributed by atoms with Gasteiger partial charge in [0.05, 0.1) is 15.6 Å². The smallest absolute Gasteiger partial charge is 0.255 e. The van der Waals surface area contributed by atoms with Crippen LogP contribution < -0.4 is 5.32 Å². The average molecular weight is 400 g/mol. The molecule has 0 radical (unpaired) electrons. The Balaban J connectivity index is 2.04. The summed E-state index contributed by atoms with van der Waals surface area (Å²) in [6.45, 7) is 0. The fourth-order valence-electron chi connectivity index (χ4n) is 2.65. The number of Topliss-reactive ketones (excluding diaryl/α,β-unsaturated/α-hetero) is 1. The third-order valence-corrected chi connectivity index (χ3v) is 4.87. The lowest BCUT2D eigenvalue weighted by atomic mass is 9.93. The molecule has 27 heavy (non-hydrogen) atoms. The number of aliphatic hydroxyl groups is 1. The Labute approximate surface area is 166 Å². The number of rotatable bonds is 5. The molecule has 0 heterocycles. The minimum Gasteiger partial charge on any atom is -0.361 e. The van der Waals surface area contributed by atoms with Crippen molar-refractivity contribution in [1.82, 2.24) is 5.32 Å². The van der Waals surface area contributed by atoms with Crippen molar-refractivity contribution in [1.29, 1.82) is 0 Å². The maximum atomic E-state index is 13.1. The minimum atomic E-state index is -2.27. The second-order valence-electron chi connectivity index (χ2n) is 5.83. The molecule has 0 bridgehead atoms. The van der Waals surface area contributed by atoms with Gasteiger partial charge in [0, 0.05) is 11.1 Å². The van der Waals surface area contributed by atoms with Crippen LogP contribution in [-0.4, -0.2) is 16.8 Å². The number of nitrogens with one attached hydrogen (secondary N) is 1. The van der Waals surface area contributed by atoms with Gasteiger partial charge >= 0.3 is 0 Å². The molecule has 0 spiro atoms. The first-order chi connectivity index (χ1) is 12.9. The number of carbonyl (C=O) groups is 2. The van der Waals surface area contributed by atoms with Crippen LogP contribution in [0.1, 0.15) is 26.3 Å². The molecule has 136 valence electrons. The van der Waals surface area contributed by atoms with Crippen LogP contribution in [0.15, 0.2) is 78.9 Å². The molecule has 3 aromatic carbocycles. The van der Waals surface area contributed by atoms with Crippen molar-refractivity contribution in [2.24, 2.45) is 0 Å². The summed E-state index contributed by atoms with van der Waals surface area (Å²) in [6, 6.07) is 21.0. The molecule has 0 fully saturated rings. The van der Waals surface area contributed by atoms with Crippen LogP contribution in [-0.2, 0) is 5.72 Å². The normalized spacial score (nSPS) is 12.9. The van der Waals surface area contributed by atoms with Crippen molar-refractivity contribution in [3.05, 3.63) is 106 Å². The lowest BCUT2D eigenvalue weighted by Crippen LogP contribution is -2.52. The Morgan fingerprint density at radius 2 is 1.41 bits per heavy atom. The van der Waals surface area contributed by atoms with Crippen LogP contribution in [0.25, 0.3) is 0 Å². The monoisotopic (exact) mass is 399 g/mol. The Morgan fingerprint density at radius 1 is 0.815 bits per heavy atom. The minimum absolute atomic E-state index is 0.0410. The summed E-state index contributed by atoms with van der Waals surface area (Å²) in [5, 5.41) is 13.9. The van der Waals surface area contributed by atoms with Gasteiger partial charge in [0.1, 0.15) is 0 Å². The fraction of sp³-hybridized carbons (Fsp3) is 0.0476. The molecule has 0 aromatic heterocycles. The van der Waals surface area contributed by atoms with Gasteiger partial charge in [-0.3, -0.25) is 9.59 Å². The quantitative estimate of drug-likeness (QED) is 0.491. The van der Waals surface area contributed by atoms with Gasteiger partial charge in [-0.05, 0) is 12.1 Å². The number of ketones is 1. The Hall–Kier alpha value is -2.66. The second-order valence-corrected chi connectivity index (χ2v) is 6.61. The predicted molar refractivity (Wildman–Crippen MR) is 105 cm³/mol.